The van der Waals surface area contributed by atoms with Crippen LogP contribution in [0.15, 0.2) is 18.2 Å². The molecule has 1 heterocycles. The number of likely N-dealkylation sites (tertiary alicyclic amines) is 1. The Hall–Kier alpha value is -0.880. The largest absolute Gasteiger partial charge is 0.316 e. The molecule has 1 atom stereocenters. The van der Waals surface area contributed by atoms with E-state index in [1.807, 2.05) is 7.05 Å². The van der Waals surface area contributed by atoms with Gasteiger partial charge in [0.25, 0.3) is 5.69 Å². The van der Waals surface area contributed by atoms with Gasteiger partial charge in [-0.3, -0.25) is 15.0 Å². The van der Waals surface area contributed by atoms with Gasteiger partial charge >= 0.3 is 0 Å². The maximum atomic E-state index is 11.0. The summed E-state index contributed by atoms with van der Waals surface area (Å²) in [5.74, 6) is 0. The standard InChI is InChI=1S/C13H18ClN3O2.ClH/c1-15-12-3-2-6-16(9-12)8-10-7-11(14)4-5-13(10)17(18)19;/h4-5,7,12,15H,2-3,6,8-9H2,1H3;1H. The van der Waals surface area contributed by atoms with Gasteiger partial charge in [0.05, 0.1) is 4.92 Å². The molecule has 1 saturated heterocycles. The molecule has 1 fully saturated rings. The van der Waals surface area contributed by atoms with E-state index in [0.717, 1.165) is 25.9 Å². The van der Waals surface area contributed by atoms with Crippen molar-refractivity contribution in [2.24, 2.45) is 0 Å². The van der Waals surface area contributed by atoms with Crippen molar-refractivity contribution in [1.82, 2.24) is 10.2 Å². The normalized spacial score (nSPS) is 19.4. The van der Waals surface area contributed by atoms with Gasteiger partial charge in [0, 0.05) is 35.8 Å². The van der Waals surface area contributed by atoms with Crippen molar-refractivity contribution in [3.05, 3.63) is 38.9 Å². The van der Waals surface area contributed by atoms with Crippen LogP contribution in [0.3, 0.4) is 0 Å². The van der Waals surface area contributed by atoms with E-state index >= 15 is 0 Å². The molecular weight excluding hydrogens is 301 g/mol. The average molecular weight is 320 g/mol. The Bertz CT molecular complexity index is 471. The molecule has 112 valence electrons. The van der Waals surface area contributed by atoms with E-state index in [2.05, 4.69) is 10.2 Å². The highest BCUT2D eigenvalue weighted by atomic mass is 35.5. The van der Waals surface area contributed by atoms with Crippen molar-refractivity contribution in [1.29, 1.82) is 0 Å². The Morgan fingerprint density at radius 3 is 2.95 bits per heavy atom. The first-order valence-electron chi connectivity index (χ1n) is 6.42. The molecule has 0 spiro atoms. The minimum Gasteiger partial charge on any atom is -0.316 e. The molecule has 1 aromatic carbocycles. The summed E-state index contributed by atoms with van der Waals surface area (Å²) in [7, 11) is 1.95. The molecule has 0 bridgehead atoms. The topological polar surface area (TPSA) is 58.4 Å². The number of piperidine rings is 1. The summed E-state index contributed by atoms with van der Waals surface area (Å²) in [5.41, 5.74) is 0.838. The van der Waals surface area contributed by atoms with Crippen LogP contribution >= 0.6 is 24.0 Å². The highest BCUT2D eigenvalue weighted by molar-refractivity contribution is 6.30. The van der Waals surface area contributed by atoms with Gasteiger partial charge in [-0.25, -0.2) is 0 Å². The van der Waals surface area contributed by atoms with Crippen LogP contribution < -0.4 is 5.32 Å². The molecule has 7 heteroatoms. The second-order valence-electron chi connectivity index (χ2n) is 4.89. The SMILES string of the molecule is CNC1CCCN(Cc2cc(Cl)ccc2[N+](=O)[O-])C1.Cl. The average Bonchev–Trinajstić information content (AvgIpc) is 2.38. The van der Waals surface area contributed by atoms with Gasteiger partial charge in [-0.05, 0) is 38.6 Å². The number of hydrogen-bond donors (Lipinski definition) is 1. The van der Waals surface area contributed by atoms with Crippen molar-refractivity contribution in [3.8, 4) is 0 Å². The lowest BCUT2D eigenvalue weighted by Gasteiger charge is -2.32. The van der Waals surface area contributed by atoms with Gasteiger partial charge in [-0.2, -0.15) is 0 Å². The lowest BCUT2D eigenvalue weighted by atomic mass is 10.0. The quantitative estimate of drug-likeness (QED) is 0.684. The number of rotatable bonds is 4. The highest BCUT2D eigenvalue weighted by Gasteiger charge is 2.22. The summed E-state index contributed by atoms with van der Waals surface area (Å²) in [4.78, 5) is 12.9. The molecule has 0 amide bonds. The number of hydrogen-bond acceptors (Lipinski definition) is 4. The van der Waals surface area contributed by atoms with Gasteiger partial charge in [-0.1, -0.05) is 11.6 Å². The van der Waals surface area contributed by atoms with E-state index < -0.39 is 0 Å². The third kappa shape index (κ3) is 4.31. The van der Waals surface area contributed by atoms with Crippen LogP contribution in [0.1, 0.15) is 18.4 Å². The monoisotopic (exact) mass is 319 g/mol. The van der Waals surface area contributed by atoms with Gasteiger partial charge in [0.15, 0.2) is 0 Å². The van der Waals surface area contributed by atoms with E-state index in [-0.39, 0.29) is 23.0 Å². The molecule has 0 radical (unpaired) electrons. The predicted octanol–water partition coefficient (Wildman–Crippen LogP) is 2.85. The van der Waals surface area contributed by atoms with Gasteiger partial charge in [-0.15, -0.1) is 12.4 Å². The van der Waals surface area contributed by atoms with Gasteiger partial charge in [0.1, 0.15) is 0 Å². The number of halogens is 2. The fourth-order valence-corrected chi connectivity index (χ4v) is 2.73. The molecule has 1 aliphatic heterocycles. The third-order valence-corrected chi connectivity index (χ3v) is 3.78. The third-order valence-electron chi connectivity index (χ3n) is 3.55. The Morgan fingerprint density at radius 1 is 1.55 bits per heavy atom. The summed E-state index contributed by atoms with van der Waals surface area (Å²) in [6.07, 6.45) is 2.27. The van der Waals surface area contributed by atoms with Crippen LogP contribution in [0.2, 0.25) is 5.02 Å². The van der Waals surface area contributed by atoms with E-state index in [0.29, 0.717) is 23.2 Å². The van der Waals surface area contributed by atoms with Crippen LogP contribution in [0.25, 0.3) is 0 Å². The molecule has 1 aromatic rings. The molecule has 0 aromatic heterocycles. The maximum Gasteiger partial charge on any atom is 0.273 e. The van der Waals surface area contributed by atoms with Crippen LogP contribution in [0.5, 0.6) is 0 Å². The van der Waals surface area contributed by atoms with Gasteiger partial charge < -0.3 is 5.32 Å². The first-order valence-corrected chi connectivity index (χ1v) is 6.80. The van der Waals surface area contributed by atoms with E-state index in [1.54, 1.807) is 12.1 Å². The van der Waals surface area contributed by atoms with Crippen molar-refractivity contribution >= 4 is 29.7 Å². The fourth-order valence-electron chi connectivity index (χ4n) is 2.53. The summed E-state index contributed by atoms with van der Waals surface area (Å²) >= 11 is 5.94. The Morgan fingerprint density at radius 2 is 2.30 bits per heavy atom. The van der Waals surface area contributed by atoms with Crippen molar-refractivity contribution < 1.29 is 4.92 Å². The molecule has 1 aliphatic rings. The minimum absolute atomic E-state index is 0. The highest BCUT2D eigenvalue weighted by Crippen LogP contribution is 2.25. The first-order chi connectivity index (χ1) is 9.10. The molecule has 5 nitrogen and oxygen atoms in total. The zero-order valence-corrected chi connectivity index (χ0v) is 12.9. The molecule has 0 aliphatic carbocycles. The summed E-state index contributed by atoms with van der Waals surface area (Å²) in [6, 6.07) is 5.21. The molecule has 0 saturated carbocycles. The van der Waals surface area contributed by atoms with Crippen molar-refractivity contribution in [3.63, 3.8) is 0 Å². The summed E-state index contributed by atoms with van der Waals surface area (Å²) in [6.45, 7) is 2.47. The second-order valence-corrected chi connectivity index (χ2v) is 5.33. The Labute approximate surface area is 129 Å². The number of benzene rings is 1. The molecular formula is C13H19Cl2N3O2. The van der Waals surface area contributed by atoms with Crippen LogP contribution in [-0.4, -0.2) is 36.0 Å². The number of nitro groups is 1. The zero-order valence-electron chi connectivity index (χ0n) is 11.3. The number of nitrogens with zero attached hydrogens (tertiary/aromatic N) is 2. The summed E-state index contributed by atoms with van der Waals surface area (Å²) < 4.78 is 0. The number of likely N-dealkylation sites (N-methyl/N-ethyl adjacent to an activating group) is 1. The maximum absolute atomic E-state index is 11.0. The minimum atomic E-state index is -0.342. The summed E-state index contributed by atoms with van der Waals surface area (Å²) in [5, 5.41) is 14.8. The van der Waals surface area contributed by atoms with E-state index in [1.165, 1.54) is 6.07 Å². The van der Waals surface area contributed by atoms with Crippen LogP contribution in [0.4, 0.5) is 5.69 Å². The zero-order chi connectivity index (χ0) is 13.8. The second kappa shape index (κ2) is 7.78. The van der Waals surface area contributed by atoms with E-state index in [4.69, 9.17) is 11.6 Å². The van der Waals surface area contributed by atoms with Crippen molar-refractivity contribution in [2.45, 2.75) is 25.4 Å². The molecule has 2 rings (SSSR count). The number of nitrogens with one attached hydrogen (secondary N) is 1. The smallest absolute Gasteiger partial charge is 0.273 e. The lowest BCUT2D eigenvalue weighted by molar-refractivity contribution is -0.385. The Balaban J connectivity index is 0.00000200. The van der Waals surface area contributed by atoms with Crippen LogP contribution in [0, 0.1) is 10.1 Å². The molecule has 20 heavy (non-hydrogen) atoms. The Kier molecular flexibility index (Phi) is 6.68. The van der Waals surface area contributed by atoms with Gasteiger partial charge in [0.2, 0.25) is 0 Å². The molecule has 1 N–H and O–H groups in total. The van der Waals surface area contributed by atoms with Crippen molar-refractivity contribution in [2.75, 3.05) is 20.1 Å². The number of nitro benzene ring substituents is 1. The first kappa shape index (κ1) is 17.2. The molecule has 1 unspecified atom stereocenters. The fraction of sp³-hybridized carbons (Fsp3) is 0.538. The van der Waals surface area contributed by atoms with Crippen LogP contribution in [-0.2, 0) is 6.54 Å². The predicted molar refractivity (Wildman–Crippen MR) is 82.7 cm³/mol. The van der Waals surface area contributed by atoms with E-state index in [9.17, 15) is 10.1 Å². The lowest BCUT2D eigenvalue weighted by Crippen LogP contribution is -2.43.